The molecule has 2 aromatic carbocycles. The second-order valence-corrected chi connectivity index (χ2v) is 11.2. The van der Waals surface area contributed by atoms with Gasteiger partial charge in [-0.15, -0.1) is 0 Å². The summed E-state index contributed by atoms with van der Waals surface area (Å²) in [4.78, 5) is 31.3. The van der Waals surface area contributed by atoms with E-state index in [9.17, 15) is 14.3 Å². The third-order valence-corrected chi connectivity index (χ3v) is 8.16. The van der Waals surface area contributed by atoms with Gasteiger partial charge < -0.3 is 34.1 Å². The van der Waals surface area contributed by atoms with Crippen molar-refractivity contribution in [1.29, 1.82) is 0 Å². The molecule has 1 saturated heterocycles. The van der Waals surface area contributed by atoms with Gasteiger partial charge in [-0.1, -0.05) is 30.8 Å². The summed E-state index contributed by atoms with van der Waals surface area (Å²) in [5, 5.41) is 12.5. The van der Waals surface area contributed by atoms with E-state index in [4.69, 9.17) is 26.0 Å². The number of carbonyl (C=O) groups is 1. The Morgan fingerprint density at radius 2 is 1.98 bits per heavy atom. The largest absolute Gasteiger partial charge is 0.508 e. The second kappa shape index (κ2) is 12.4. The summed E-state index contributed by atoms with van der Waals surface area (Å²) >= 11 is 0. The lowest BCUT2D eigenvalue weighted by Gasteiger charge is -2.41. The van der Waals surface area contributed by atoms with Crippen molar-refractivity contribution in [3.63, 3.8) is 0 Å². The van der Waals surface area contributed by atoms with E-state index >= 15 is 0 Å². The van der Waals surface area contributed by atoms with Crippen LogP contribution in [0.3, 0.4) is 0 Å². The minimum atomic E-state index is -1.02. The lowest BCUT2D eigenvalue weighted by molar-refractivity contribution is -0.131. The summed E-state index contributed by atoms with van der Waals surface area (Å²) in [6.45, 7) is 13.8. The molecule has 1 atom stereocenters. The van der Waals surface area contributed by atoms with Crippen molar-refractivity contribution in [1.82, 2.24) is 14.9 Å². The van der Waals surface area contributed by atoms with Gasteiger partial charge >= 0.3 is 6.01 Å². The first-order chi connectivity index (χ1) is 20.9. The van der Waals surface area contributed by atoms with E-state index in [0.29, 0.717) is 58.3 Å². The lowest BCUT2D eigenvalue weighted by atomic mass is 10.0. The zero-order valence-corrected chi connectivity index (χ0v) is 24.0. The zero-order chi connectivity index (χ0) is 29.9. The van der Waals surface area contributed by atoms with E-state index in [1.807, 2.05) is 24.3 Å². The number of rotatable bonds is 10. The van der Waals surface area contributed by atoms with Gasteiger partial charge in [0.25, 0.3) is 5.91 Å². The molecule has 1 aliphatic carbocycles. The van der Waals surface area contributed by atoms with Gasteiger partial charge in [-0.3, -0.25) is 4.79 Å². The summed E-state index contributed by atoms with van der Waals surface area (Å²) in [5.74, 6) is -0.876. The van der Waals surface area contributed by atoms with Crippen molar-refractivity contribution >= 4 is 28.2 Å². The number of amides is 1. The molecule has 2 fully saturated rings. The number of nitrogens with zero attached hydrogens (tertiary/aromatic N) is 6. The molecule has 1 amide bonds. The van der Waals surface area contributed by atoms with Gasteiger partial charge in [-0.05, 0) is 30.7 Å². The van der Waals surface area contributed by atoms with Crippen LogP contribution in [0, 0.1) is 6.57 Å². The normalized spacial score (nSPS) is 18.3. The van der Waals surface area contributed by atoms with Gasteiger partial charge in [0.15, 0.2) is 5.83 Å². The summed E-state index contributed by atoms with van der Waals surface area (Å²) in [6, 6.07) is 11.3. The first-order valence-electron chi connectivity index (χ1n) is 14.8. The highest BCUT2D eigenvalue weighted by atomic mass is 19.1. The Balaban J connectivity index is 1.29. The van der Waals surface area contributed by atoms with E-state index in [0.717, 1.165) is 46.4 Å². The number of aromatic nitrogens is 2. The van der Waals surface area contributed by atoms with E-state index < -0.39 is 17.8 Å². The van der Waals surface area contributed by atoms with E-state index in [1.165, 1.54) is 4.90 Å². The Labute approximate surface area is 250 Å². The predicted molar refractivity (Wildman–Crippen MR) is 161 cm³/mol. The number of ether oxygens (including phenoxy) is 2. The van der Waals surface area contributed by atoms with Crippen molar-refractivity contribution in [2.24, 2.45) is 0 Å². The van der Waals surface area contributed by atoms with Gasteiger partial charge in [-0.2, -0.15) is 9.97 Å². The van der Waals surface area contributed by atoms with Crippen LogP contribution < -0.4 is 14.5 Å². The SMILES string of the molecule is [C-]#[N+]C[C@H]1CN(c2nc(OCCCOC3CC3)nc3c2CCN(c2cc(O)cc4ccccc24)C3)CCN1C(=O)C(=C)F. The number of anilines is 2. The molecule has 0 spiro atoms. The number of piperazine rings is 1. The van der Waals surface area contributed by atoms with Gasteiger partial charge in [-0.25, -0.2) is 11.0 Å². The van der Waals surface area contributed by atoms with Crippen molar-refractivity contribution in [2.75, 3.05) is 55.7 Å². The summed E-state index contributed by atoms with van der Waals surface area (Å²) in [6.07, 6.45) is 3.99. The van der Waals surface area contributed by atoms with Crippen molar-refractivity contribution in [3.8, 4) is 11.8 Å². The number of fused-ring (bicyclic) bond motifs is 2. The molecule has 0 bridgehead atoms. The number of benzene rings is 2. The molecule has 11 heteroatoms. The average molecular weight is 587 g/mol. The van der Waals surface area contributed by atoms with Gasteiger partial charge in [0.05, 0.1) is 31.6 Å². The van der Waals surface area contributed by atoms with Crippen molar-refractivity contribution in [2.45, 2.75) is 44.4 Å². The van der Waals surface area contributed by atoms with E-state index in [2.05, 4.69) is 21.2 Å². The molecule has 10 nitrogen and oxygen atoms in total. The van der Waals surface area contributed by atoms with Gasteiger partial charge in [0.2, 0.25) is 6.54 Å². The summed E-state index contributed by atoms with van der Waals surface area (Å²) in [7, 11) is 0. The van der Waals surface area contributed by atoms with Crippen LogP contribution in [0.2, 0.25) is 0 Å². The van der Waals surface area contributed by atoms with Crippen LogP contribution in [0.1, 0.15) is 30.5 Å². The third kappa shape index (κ3) is 6.34. The number of halogens is 1. The van der Waals surface area contributed by atoms with Crippen LogP contribution >= 0.6 is 0 Å². The van der Waals surface area contributed by atoms with E-state index in [-0.39, 0.29) is 24.8 Å². The molecule has 3 aliphatic rings. The predicted octanol–water partition coefficient (Wildman–Crippen LogP) is 4.27. The van der Waals surface area contributed by atoms with Gasteiger partial charge in [0, 0.05) is 55.3 Å². The highest BCUT2D eigenvalue weighted by Gasteiger charge is 2.36. The number of hydrogen-bond donors (Lipinski definition) is 1. The summed E-state index contributed by atoms with van der Waals surface area (Å²) < 4.78 is 25.6. The number of aromatic hydroxyl groups is 1. The molecule has 3 heterocycles. The van der Waals surface area contributed by atoms with Crippen LogP contribution in [-0.4, -0.2) is 84.0 Å². The minimum absolute atomic E-state index is 0.0471. The third-order valence-electron chi connectivity index (χ3n) is 8.16. The first kappa shape index (κ1) is 28.7. The molecular weight excluding hydrogens is 551 g/mol. The van der Waals surface area contributed by atoms with Crippen molar-refractivity contribution in [3.05, 3.63) is 71.5 Å². The maximum absolute atomic E-state index is 13.8. The molecule has 1 saturated carbocycles. The quantitative estimate of drug-likeness (QED) is 0.214. The molecular formula is C32H35FN6O4. The van der Waals surface area contributed by atoms with E-state index in [1.54, 1.807) is 12.1 Å². The summed E-state index contributed by atoms with van der Waals surface area (Å²) in [5.41, 5.74) is 2.74. The number of phenolic OH excluding ortho intramolecular Hbond substituents is 1. The number of phenols is 1. The van der Waals surface area contributed by atoms with Crippen LogP contribution in [-0.2, 0) is 22.5 Å². The Bertz CT molecular complexity index is 1570. The minimum Gasteiger partial charge on any atom is -0.508 e. The Hall–Kier alpha value is -4.43. The average Bonchev–Trinajstić information content (AvgIpc) is 3.84. The molecule has 224 valence electrons. The number of carbonyl (C=O) groups excluding carboxylic acids is 1. The molecule has 1 aromatic heterocycles. The molecule has 2 aliphatic heterocycles. The molecule has 1 N–H and O–H groups in total. The highest BCUT2D eigenvalue weighted by Crippen LogP contribution is 2.36. The Morgan fingerprint density at radius 1 is 1.14 bits per heavy atom. The Kier molecular flexibility index (Phi) is 8.29. The molecule has 43 heavy (non-hydrogen) atoms. The zero-order valence-electron chi connectivity index (χ0n) is 24.0. The Morgan fingerprint density at radius 3 is 2.77 bits per heavy atom. The smallest absolute Gasteiger partial charge is 0.318 e. The first-order valence-corrected chi connectivity index (χ1v) is 14.8. The maximum atomic E-state index is 13.8. The topological polar surface area (TPSA) is 95.6 Å². The van der Waals surface area contributed by atoms with Crippen LogP contribution in [0.25, 0.3) is 15.6 Å². The molecule has 6 rings (SSSR count). The van der Waals surface area contributed by atoms with Crippen LogP contribution in [0.4, 0.5) is 15.9 Å². The molecule has 0 radical (unpaired) electrons. The second-order valence-electron chi connectivity index (χ2n) is 11.2. The highest BCUT2D eigenvalue weighted by molar-refractivity contribution is 5.95. The maximum Gasteiger partial charge on any atom is 0.318 e. The number of hydrogen-bond acceptors (Lipinski definition) is 8. The molecule has 0 unspecified atom stereocenters. The van der Waals surface area contributed by atoms with Crippen LogP contribution in [0.5, 0.6) is 11.8 Å². The van der Waals surface area contributed by atoms with Crippen molar-refractivity contribution < 1.29 is 23.8 Å². The molecule has 3 aromatic rings. The monoisotopic (exact) mass is 586 g/mol. The standard InChI is InChI=1S/C32H35FN6O4/c1-21(33)31(41)39-13-12-38(19-23(39)18-34-2)30-27-10-11-37(29-17-24(40)16-22-6-3-4-7-26(22)29)20-28(27)35-32(36-30)43-15-5-14-42-25-8-9-25/h3-4,6-7,16-17,23,25,40H,1,5,8-15,18-20H2/t23-/m0/s1. The van der Waals surface area contributed by atoms with Crippen LogP contribution in [0.15, 0.2) is 48.8 Å². The fourth-order valence-corrected chi connectivity index (χ4v) is 5.90. The van der Waals surface area contributed by atoms with Gasteiger partial charge in [0.1, 0.15) is 17.6 Å². The lowest BCUT2D eigenvalue weighted by Crippen LogP contribution is -2.57. The fourth-order valence-electron chi connectivity index (χ4n) is 5.90. The fraction of sp³-hybridized carbons (Fsp3) is 0.438.